The molecule has 94 valence electrons. The van der Waals surface area contributed by atoms with Gasteiger partial charge < -0.3 is 4.74 Å². The van der Waals surface area contributed by atoms with Crippen LogP contribution in [0, 0.1) is 0 Å². The molecule has 0 spiro atoms. The van der Waals surface area contributed by atoms with Gasteiger partial charge in [-0.05, 0) is 29.7 Å². The lowest BCUT2D eigenvalue weighted by molar-refractivity contribution is 0.124. The Morgan fingerprint density at radius 3 is 2.44 bits per heavy atom. The van der Waals surface area contributed by atoms with Crippen molar-refractivity contribution in [1.29, 1.82) is 0 Å². The van der Waals surface area contributed by atoms with Gasteiger partial charge >= 0.3 is 0 Å². The van der Waals surface area contributed by atoms with Crippen LogP contribution >= 0.6 is 23.2 Å². The number of rotatable bonds is 5. The molecule has 0 atom stereocenters. The largest absolute Gasteiger partial charge is 0.376 e. The van der Waals surface area contributed by atoms with Crippen molar-refractivity contribution in [3.63, 3.8) is 0 Å². The Morgan fingerprint density at radius 2 is 1.72 bits per heavy atom. The average molecular weight is 281 g/mol. The first-order valence-corrected chi connectivity index (χ1v) is 6.57. The number of ether oxygens (including phenoxy) is 1. The van der Waals surface area contributed by atoms with Crippen molar-refractivity contribution in [2.45, 2.75) is 13.0 Å². The van der Waals surface area contributed by atoms with Crippen molar-refractivity contribution >= 4 is 23.2 Å². The Kier molecular flexibility index (Phi) is 5.06. The Labute approximate surface area is 117 Å². The lowest BCUT2D eigenvalue weighted by atomic mass is 10.1. The van der Waals surface area contributed by atoms with Crippen LogP contribution in [0.5, 0.6) is 0 Å². The molecule has 0 aromatic heterocycles. The van der Waals surface area contributed by atoms with Crippen molar-refractivity contribution in [3.8, 4) is 0 Å². The molecule has 2 rings (SSSR count). The van der Waals surface area contributed by atoms with E-state index in [1.165, 1.54) is 5.56 Å². The first-order chi connectivity index (χ1) is 8.75. The predicted molar refractivity (Wildman–Crippen MR) is 76.3 cm³/mol. The summed E-state index contributed by atoms with van der Waals surface area (Å²) in [5.74, 6) is 0. The van der Waals surface area contributed by atoms with E-state index in [4.69, 9.17) is 27.9 Å². The summed E-state index contributed by atoms with van der Waals surface area (Å²) in [7, 11) is 0. The van der Waals surface area contributed by atoms with Crippen LogP contribution in [0.2, 0.25) is 10.0 Å². The SMILES string of the molecule is Clc1ccc(CCOCc2ccccc2)c(Cl)c1. The minimum absolute atomic E-state index is 0.631. The fraction of sp³-hybridized carbons (Fsp3) is 0.200. The highest BCUT2D eigenvalue weighted by Crippen LogP contribution is 2.21. The standard InChI is InChI=1S/C15H14Cl2O/c16-14-7-6-13(15(17)10-14)8-9-18-11-12-4-2-1-3-5-12/h1-7,10H,8-9,11H2. The Morgan fingerprint density at radius 1 is 0.944 bits per heavy atom. The van der Waals surface area contributed by atoms with Gasteiger partial charge in [0.25, 0.3) is 0 Å². The zero-order valence-corrected chi connectivity index (χ0v) is 11.4. The van der Waals surface area contributed by atoms with Gasteiger partial charge in [-0.25, -0.2) is 0 Å². The highest BCUT2D eigenvalue weighted by atomic mass is 35.5. The van der Waals surface area contributed by atoms with E-state index in [2.05, 4.69) is 12.1 Å². The molecule has 18 heavy (non-hydrogen) atoms. The molecule has 0 saturated heterocycles. The lowest BCUT2D eigenvalue weighted by Gasteiger charge is -2.06. The van der Waals surface area contributed by atoms with Gasteiger partial charge in [0, 0.05) is 10.0 Å². The van der Waals surface area contributed by atoms with E-state index in [0.29, 0.717) is 23.3 Å². The summed E-state index contributed by atoms with van der Waals surface area (Å²) in [5, 5.41) is 1.36. The summed E-state index contributed by atoms with van der Waals surface area (Å²) >= 11 is 11.9. The summed E-state index contributed by atoms with van der Waals surface area (Å²) < 4.78 is 5.62. The molecule has 0 unspecified atom stereocenters. The fourth-order valence-electron chi connectivity index (χ4n) is 1.67. The zero-order chi connectivity index (χ0) is 12.8. The van der Waals surface area contributed by atoms with Crippen LogP contribution < -0.4 is 0 Å². The summed E-state index contributed by atoms with van der Waals surface area (Å²) in [6, 6.07) is 15.7. The van der Waals surface area contributed by atoms with Crippen LogP contribution in [0.3, 0.4) is 0 Å². The molecular formula is C15H14Cl2O. The van der Waals surface area contributed by atoms with E-state index in [1.807, 2.05) is 30.3 Å². The molecule has 0 aliphatic heterocycles. The topological polar surface area (TPSA) is 9.23 Å². The van der Waals surface area contributed by atoms with Gasteiger partial charge in [0.2, 0.25) is 0 Å². The van der Waals surface area contributed by atoms with Crippen LogP contribution in [0.4, 0.5) is 0 Å². The van der Waals surface area contributed by atoms with Gasteiger partial charge in [0.15, 0.2) is 0 Å². The maximum Gasteiger partial charge on any atom is 0.0717 e. The van der Waals surface area contributed by atoms with Gasteiger partial charge in [-0.2, -0.15) is 0 Å². The van der Waals surface area contributed by atoms with E-state index >= 15 is 0 Å². The Balaban J connectivity index is 1.79. The predicted octanol–water partition coefficient (Wildman–Crippen LogP) is 4.75. The van der Waals surface area contributed by atoms with Crippen molar-refractivity contribution in [1.82, 2.24) is 0 Å². The fourth-order valence-corrected chi connectivity index (χ4v) is 2.17. The van der Waals surface area contributed by atoms with Crippen molar-refractivity contribution in [3.05, 3.63) is 69.7 Å². The van der Waals surface area contributed by atoms with Crippen molar-refractivity contribution in [2.75, 3.05) is 6.61 Å². The van der Waals surface area contributed by atoms with Gasteiger partial charge in [-0.1, -0.05) is 59.6 Å². The molecule has 0 bridgehead atoms. The smallest absolute Gasteiger partial charge is 0.0717 e. The molecule has 2 aromatic rings. The van der Waals surface area contributed by atoms with Crippen LogP contribution in [0.25, 0.3) is 0 Å². The summed E-state index contributed by atoms with van der Waals surface area (Å²) in [4.78, 5) is 0. The molecule has 0 aliphatic carbocycles. The Bertz CT molecular complexity index is 497. The maximum absolute atomic E-state index is 6.09. The number of hydrogen-bond acceptors (Lipinski definition) is 1. The van der Waals surface area contributed by atoms with Gasteiger partial charge in [-0.15, -0.1) is 0 Å². The summed E-state index contributed by atoms with van der Waals surface area (Å²) in [6.45, 7) is 1.28. The molecule has 0 aliphatic rings. The van der Waals surface area contributed by atoms with E-state index in [-0.39, 0.29) is 0 Å². The molecule has 0 fully saturated rings. The molecule has 2 aromatic carbocycles. The zero-order valence-electron chi connectivity index (χ0n) is 9.90. The molecule has 1 nitrogen and oxygen atoms in total. The van der Waals surface area contributed by atoms with Crippen LogP contribution in [0.15, 0.2) is 48.5 Å². The van der Waals surface area contributed by atoms with E-state index in [0.717, 1.165) is 12.0 Å². The number of hydrogen-bond donors (Lipinski definition) is 0. The van der Waals surface area contributed by atoms with Gasteiger partial charge in [0.05, 0.1) is 13.2 Å². The van der Waals surface area contributed by atoms with Crippen molar-refractivity contribution < 1.29 is 4.74 Å². The second kappa shape index (κ2) is 6.79. The van der Waals surface area contributed by atoms with Crippen LogP contribution in [0.1, 0.15) is 11.1 Å². The monoisotopic (exact) mass is 280 g/mol. The quantitative estimate of drug-likeness (QED) is 0.718. The molecule has 0 heterocycles. The normalized spacial score (nSPS) is 10.6. The highest BCUT2D eigenvalue weighted by molar-refractivity contribution is 6.35. The summed E-state index contributed by atoms with van der Waals surface area (Å²) in [6.07, 6.45) is 0.794. The molecular weight excluding hydrogens is 267 g/mol. The minimum atomic E-state index is 0.631. The third-order valence-corrected chi connectivity index (χ3v) is 3.23. The number of halogens is 2. The molecule has 0 radical (unpaired) electrons. The third-order valence-electron chi connectivity index (χ3n) is 2.64. The van der Waals surface area contributed by atoms with E-state index < -0.39 is 0 Å². The number of benzene rings is 2. The Hall–Kier alpha value is -1.02. The second-order valence-electron chi connectivity index (χ2n) is 4.02. The highest BCUT2D eigenvalue weighted by Gasteiger charge is 2.01. The minimum Gasteiger partial charge on any atom is -0.376 e. The van der Waals surface area contributed by atoms with E-state index in [9.17, 15) is 0 Å². The molecule has 0 saturated carbocycles. The average Bonchev–Trinajstić information content (AvgIpc) is 2.38. The second-order valence-corrected chi connectivity index (χ2v) is 4.87. The summed E-state index contributed by atoms with van der Waals surface area (Å²) in [5.41, 5.74) is 2.24. The maximum atomic E-state index is 6.09. The molecule has 0 N–H and O–H groups in total. The van der Waals surface area contributed by atoms with E-state index in [1.54, 1.807) is 6.07 Å². The third kappa shape index (κ3) is 4.02. The van der Waals surface area contributed by atoms with Crippen LogP contribution in [-0.2, 0) is 17.8 Å². The van der Waals surface area contributed by atoms with Crippen LogP contribution in [-0.4, -0.2) is 6.61 Å². The lowest BCUT2D eigenvalue weighted by Crippen LogP contribution is -1.99. The molecule has 0 amide bonds. The first kappa shape index (κ1) is 13.4. The first-order valence-electron chi connectivity index (χ1n) is 5.81. The van der Waals surface area contributed by atoms with Gasteiger partial charge in [0.1, 0.15) is 0 Å². The van der Waals surface area contributed by atoms with Crippen molar-refractivity contribution in [2.24, 2.45) is 0 Å². The van der Waals surface area contributed by atoms with Gasteiger partial charge in [-0.3, -0.25) is 0 Å². The molecule has 3 heteroatoms.